The second-order valence-electron chi connectivity index (χ2n) is 7.67. The highest BCUT2D eigenvalue weighted by molar-refractivity contribution is 5.76. The fourth-order valence-corrected chi connectivity index (χ4v) is 4.13. The Balaban J connectivity index is 1.54. The lowest BCUT2D eigenvalue weighted by atomic mass is 9.85. The minimum Gasteiger partial charge on any atom is -0.379 e. The monoisotopic (exact) mass is 359 g/mol. The minimum atomic E-state index is 0.178. The van der Waals surface area contributed by atoms with Crippen molar-refractivity contribution in [2.45, 2.75) is 32.2 Å². The molecule has 26 heavy (non-hydrogen) atoms. The van der Waals surface area contributed by atoms with E-state index in [2.05, 4.69) is 46.7 Å². The maximum atomic E-state index is 12.5. The maximum Gasteiger partial charge on any atom is 0.220 e. The molecule has 5 heteroatoms. The van der Waals surface area contributed by atoms with E-state index < -0.39 is 0 Å². The Hall–Kier alpha value is -1.43. The second kappa shape index (κ2) is 10.0. The summed E-state index contributed by atoms with van der Waals surface area (Å²) in [6.45, 7) is 8.42. The molecule has 3 unspecified atom stereocenters. The minimum absolute atomic E-state index is 0.178. The van der Waals surface area contributed by atoms with Crippen LogP contribution in [0.15, 0.2) is 30.3 Å². The van der Waals surface area contributed by atoms with Crippen molar-refractivity contribution in [2.75, 3.05) is 45.9 Å². The van der Waals surface area contributed by atoms with Gasteiger partial charge in [-0.2, -0.15) is 0 Å². The third-order valence-corrected chi connectivity index (χ3v) is 5.81. The largest absolute Gasteiger partial charge is 0.379 e. The van der Waals surface area contributed by atoms with Crippen LogP contribution in [-0.4, -0.2) is 56.7 Å². The third kappa shape index (κ3) is 5.53. The highest BCUT2D eigenvalue weighted by Gasteiger charge is 2.25. The molecule has 2 heterocycles. The van der Waals surface area contributed by atoms with E-state index in [-0.39, 0.29) is 11.9 Å². The van der Waals surface area contributed by atoms with Crippen LogP contribution in [0.5, 0.6) is 0 Å². The summed E-state index contributed by atoms with van der Waals surface area (Å²) < 4.78 is 5.50. The number of ether oxygens (including phenoxy) is 1. The molecular weight excluding hydrogens is 326 g/mol. The quantitative estimate of drug-likeness (QED) is 0.784. The van der Waals surface area contributed by atoms with E-state index >= 15 is 0 Å². The Morgan fingerprint density at radius 3 is 2.77 bits per heavy atom. The summed E-state index contributed by atoms with van der Waals surface area (Å²) in [5.74, 6) is 1.23. The molecule has 2 saturated heterocycles. The van der Waals surface area contributed by atoms with E-state index in [9.17, 15) is 4.79 Å². The molecule has 1 aromatic carbocycles. The number of morpholine rings is 1. The molecule has 144 valence electrons. The summed E-state index contributed by atoms with van der Waals surface area (Å²) in [4.78, 5) is 15.0. The van der Waals surface area contributed by atoms with Gasteiger partial charge in [0.2, 0.25) is 5.91 Å². The third-order valence-electron chi connectivity index (χ3n) is 5.81. The number of nitrogens with zero attached hydrogens (tertiary/aromatic N) is 1. The molecule has 0 saturated carbocycles. The molecule has 1 aromatic rings. The smallest absolute Gasteiger partial charge is 0.220 e. The van der Waals surface area contributed by atoms with Gasteiger partial charge < -0.3 is 15.4 Å². The van der Waals surface area contributed by atoms with Gasteiger partial charge in [0.15, 0.2) is 0 Å². The topological polar surface area (TPSA) is 53.6 Å². The molecule has 3 rings (SSSR count). The zero-order valence-electron chi connectivity index (χ0n) is 16.0. The van der Waals surface area contributed by atoms with E-state index in [1.807, 2.05) is 6.07 Å². The lowest BCUT2D eigenvalue weighted by Crippen LogP contribution is -2.44. The van der Waals surface area contributed by atoms with Crippen molar-refractivity contribution >= 4 is 5.91 Å². The normalized spacial score (nSPS) is 24.0. The molecule has 2 aliphatic rings. The van der Waals surface area contributed by atoms with Crippen LogP contribution in [0.25, 0.3) is 0 Å². The summed E-state index contributed by atoms with van der Waals surface area (Å²) in [6, 6.07) is 10.7. The zero-order chi connectivity index (χ0) is 18.2. The van der Waals surface area contributed by atoms with Crippen LogP contribution >= 0.6 is 0 Å². The Kier molecular flexibility index (Phi) is 7.47. The molecule has 0 bridgehead atoms. The highest BCUT2D eigenvalue weighted by atomic mass is 16.5. The maximum absolute atomic E-state index is 12.5. The summed E-state index contributed by atoms with van der Waals surface area (Å²) >= 11 is 0. The SMILES string of the molecule is CC(CC(=O)NCC(c1ccccc1)N1CCOCC1)C1CCCNC1. The number of carbonyl (C=O) groups excluding carboxylic acids is 1. The lowest BCUT2D eigenvalue weighted by Gasteiger charge is -2.35. The number of hydrogen-bond acceptors (Lipinski definition) is 4. The van der Waals surface area contributed by atoms with E-state index in [1.165, 1.54) is 18.4 Å². The molecule has 2 aliphatic heterocycles. The van der Waals surface area contributed by atoms with Gasteiger partial charge in [0.05, 0.1) is 19.3 Å². The number of nitrogens with one attached hydrogen (secondary N) is 2. The first-order valence-corrected chi connectivity index (χ1v) is 10.1. The number of amides is 1. The number of benzene rings is 1. The van der Waals surface area contributed by atoms with Gasteiger partial charge >= 0.3 is 0 Å². The molecule has 1 amide bonds. The predicted octanol–water partition coefficient (Wildman–Crippen LogP) is 2.20. The van der Waals surface area contributed by atoms with Crippen molar-refractivity contribution in [2.24, 2.45) is 11.8 Å². The molecule has 2 N–H and O–H groups in total. The van der Waals surface area contributed by atoms with Gasteiger partial charge in [0, 0.05) is 26.1 Å². The molecule has 0 spiro atoms. The van der Waals surface area contributed by atoms with Crippen LogP contribution in [0, 0.1) is 11.8 Å². The van der Waals surface area contributed by atoms with Crippen LogP contribution in [0.2, 0.25) is 0 Å². The van der Waals surface area contributed by atoms with Gasteiger partial charge in [-0.25, -0.2) is 0 Å². The number of hydrogen-bond donors (Lipinski definition) is 2. The van der Waals surface area contributed by atoms with Gasteiger partial charge in [-0.3, -0.25) is 9.69 Å². The standard InChI is InChI=1S/C21H33N3O2/c1-17(19-8-5-9-22-15-19)14-21(25)23-16-20(18-6-3-2-4-7-18)24-10-12-26-13-11-24/h2-4,6-7,17,19-20,22H,5,8-16H2,1H3,(H,23,25). The number of rotatable bonds is 7. The first-order valence-electron chi connectivity index (χ1n) is 10.1. The summed E-state index contributed by atoms with van der Waals surface area (Å²) in [6.07, 6.45) is 3.09. The van der Waals surface area contributed by atoms with Crippen molar-refractivity contribution in [1.29, 1.82) is 0 Å². The van der Waals surface area contributed by atoms with Crippen LogP contribution in [-0.2, 0) is 9.53 Å². The van der Waals surface area contributed by atoms with E-state index in [1.54, 1.807) is 0 Å². The molecule has 3 atom stereocenters. The lowest BCUT2D eigenvalue weighted by molar-refractivity contribution is -0.122. The van der Waals surface area contributed by atoms with E-state index in [4.69, 9.17) is 4.74 Å². The molecule has 0 radical (unpaired) electrons. The van der Waals surface area contributed by atoms with Gasteiger partial charge in [-0.05, 0) is 43.3 Å². The van der Waals surface area contributed by atoms with Gasteiger partial charge in [0.25, 0.3) is 0 Å². The fourth-order valence-electron chi connectivity index (χ4n) is 4.13. The molecular formula is C21H33N3O2. The Morgan fingerprint density at radius 2 is 2.08 bits per heavy atom. The van der Waals surface area contributed by atoms with Crippen LogP contribution in [0.3, 0.4) is 0 Å². The van der Waals surface area contributed by atoms with Gasteiger partial charge in [-0.15, -0.1) is 0 Å². The average Bonchev–Trinajstić information content (AvgIpc) is 2.70. The molecule has 0 aromatic heterocycles. The fraction of sp³-hybridized carbons (Fsp3) is 0.667. The molecule has 2 fully saturated rings. The Labute approximate surface area is 157 Å². The van der Waals surface area contributed by atoms with Gasteiger partial charge in [-0.1, -0.05) is 37.3 Å². The molecule has 0 aliphatic carbocycles. The van der Waals surface area contributed by atoms with Crippen molar-refractivity contribution in [1.82, 2.24) is 15.5 Å². The second-order valence-corrected chi connectivity index (χ2v) is 7.67. The Morgan fingerprint density at radius 1 is 1.31 bits per heavy atom. The van der Waals surface area contributed by atoms with Crippen molar-refractivity contribution < 1.29 is 9.53 Å². The first kappa shape index (κ1) is 19.3. The van der Waals surface area contributed by atoms with E-state index in [0.717, 1.165) is 39.4 Å². The van der Waals surface area contributed by atoms with Crippen LogP contribution < -0.4 is 10.6 Å². The van der Waals surface area contributed by atoms with Gasteiger partial charge in [0.1, 0.15) is 0 Å². The predicted molar refractivity (Wildman–Crippen MR) is 104 cm³/mol. The zero-order valence-corrected chi connectivity index (χ0v) is 16.0. The van der Waals surface area contributed by atoms with Crippen LogP contribution in [0.4, 0.5) is 0 Å². The molecule has 5 nitrogen and oxygen atoms in total. The Bertz CT molecular complexity index is 539. The number of piperidine rings is 1. The van der Waals surface area contributed by atoms with Crippen molar-refractivity contribution in [3.63, 3.8) is 0 Å². The van der Waals surface area contributed by atoms with E-state index in [0.29, 0.717) is 24.8 Å². The highest BCUT2D eigenvalue weighted by Crippen LogP contribution is 2.23. The summed E-state index contributed by atoms with van der Waals surface area (Å²) in [7, 11) is 0. The average molecular weight is 360 g/mol. The number of carbonyl (C=O) groups is 1. The van der Waals surface area contributed by atoms with Crippen molar-refractivity contribution in [3.05, 3.63) is 35.9 Å². The van der Waals surface area contributed by atoms with Crippen molar-refractivity contribution in [3.8, 4) is 0 Å². The summed E-state index contributed by atoms with van der Waals surface area (Å²) in [5.41, 5.74) is 1.26. The summed E-state index contributed by atoms with van der Waals surface area (Å²) in [5, 5.41) is 6.66. The first-order chi connectivity index (χ1) is 12.7. The van der Waals surface area contributed by atoms with Crippen LogP contribution in [0.1, 0.15) is 37.8 Å².